The normalized spacial score (nSPS) is 10.9. The number of nitriles is 1. The summed E-state index contributed by atoms with van der Waals surface area (Å²) in [6.45, 7) is 0.174. The minimum absolute atomic E-state index is 0.173. The number of carbonyl (C=O) groups is 1. The molecule has 6 nitrogen and oxygen atoms in total. The molecule has 0 aliphatic carbocycles. The minimum atomic E-state index is -3.49. The Labute approximate surface area is 164 Å². The van der Waals surface area contributed by atoms with Crippen LogP contribution in [-0.2, 0) is 21.2 Å². The number of nitrogens with one attached hydrogen (secondary N) is 1. The first-order valence-corrected chi connectivity index (χ1v) is 10.5. The van der Waals surface area contributed by atoms with E-state index in [0.29, 0.717) is 29.2 Å². The summed E-state index contributed by atoms with van der Waals surface area (Å²) >= 11 is 5.94. The fraction of sp³-hybridized carbons (Fsp3) is 0.263. The van der Waals surface area contributed by atoms with Gasteiger partial charge in [0, 0.05) is 23.7 Å². The van der Waals surface area contributed by atoms with Gasteiger partial charge in [0.15, 0.2) is 0 Å². The number of benzene rings is 2. The van der Waals surface area contributed by atoms with Crippen LogP contribution in [0.15, 0.2) is 48.5 Å². The molecule has 0 aliphatic rings. The standard InChI is InChI=1S/C19H20ClN3O3S/c1-27(25,26)23(18-5-2-4-16(20)14-18)13-3-6-19(24)22-17-9-7-15(8-10-17)11-12-21/h2,4-5,7-10,14H,3,6,11,13H2,1H3,(H,22,24). The smallest absolute Gasteiger partial charge is 0.232 e. The number of anilines is 2. The van der Waals surface area contributed by atoms with Crippen molar-refractivity contribution in [2.45, 2.75) is 19.3 Å². The van der Waals surface area contributed by atoms with Gasteiger partial charge in [-0.05, 0) is 42.3 Å². The Bertz CT molecular complexity index is 937. The zero-order valence-electron chi connectivity index (χ0n) is 14.9. The number of carbonyl (C=O) groups excluding carboxylic acids is 1. The average Bonchev–Trinajstić information content (AvgIpc) is 2.59. The fourth-order valence-electron chi connectivity index (χ4n) is 2.52. The van der Waals surface area contributed by atoms with Gasteiger partial charge in [-0.1, -0.05) is 29.8 Å². The van der Waals surface area contributed by atoms with E-state index < -0.39 is 10.0 Å². The van der Waals surface area contributed by atoms with E-state index in [1.165, 1.54) is 4.31 Å². The Morgan fingerprint density at radius 1 is 1.22 bits per heavy atom. The van der Waals surface area contributed by atoms with E-state index >= 15 is 0 Å². The van der Waals surface area contributed by atoms with Gasteiger partial charge >= 0.3 is 0 Å². The highest BCUT2D eigenvalue weighted by Crippen LogP contribution is 2.22. The van der Waals surface area contributed by atoms with Crippen molar-refractivity contribution in [1.82, 2.24) is 0 Å². The second-order valence-electron chi connectivity index (χ2n) is 6.00. The third-order valence-corrected chi connectivity index (χ3v) is 5.21. The van der Waals surface area contributed by atoms with Gasteiger partial charge in [0.1, 0.15) is 0 Å². The van der Waals surface area contributed by atoms with Crippen LogP contribution in [0.4, 0.5) is 11.4 Å². The Morgan fingerprint density at radius 2 is 1.93 bits per heavy atom. The van der Waals surface area contributed by atoms with E-state index in [-0.39, 0.29) is 18.9 Å². The predicted octanol–water partition coefficient (Wildman–Crippen LogP) is 3.59. The number of sulfonamides is 1. The number of hydrogen-bond acceptors (Lipinski definition) is 4. The van der Waals surface area contributed by atoms with Crippen molar-refractivity contribution in [3.63, 3.8) is 0 Å². The molecule has 0 heterocycles. The second-order valence-corrected chi connectivity index (χ2v) is 8.34. The van der Waals surface area contributed by atoms with Gasteiger partial charge < -0.3 is 5.32 Å². The molecule has 8 heteroatoms. The highest BCUT2D eigenvalue weighted by atomic mass is 35.5. The van der Waals surface area contributed by atoms with Crippen molar-refractivity contribution in [3.05, 3.63) is 59.1 Å². The zero-order valence-corrected chi connectivity index (χ0v) is 16.4. The number of halogens is 1. The number of rotatable bonds is 8. The van der Waals surface area contributed by atoms with Crippen LogP contribution in [0.3, 0.4) is 0 Å². The van der Waals surface area contributed by atoms with Gasteiger partial charge in [0.25, 0.3) is 0 Å². The minimum Gasteiger partial charge on any atom is -0.326 e. The molecule has 0 aromatic heterocycles. The lowest BCUT2D eigenvalue weighted by molar-refractivity contribution is -0.116. The van der Waals surface area contributed by atoms with Crippen molar-refractivity contribution in [2.24, 2.45) is 0 Å². The lowest BCUT2D eigenvalue weighted by atomic mass is 10.1. The van der Waals surface area contributed by atoms with E-state index in [1.807, 2.05) is 0 Å². The predicted molar refractivity (Wildman–Crippen MR) is 107 cm³/mol. The molecule has 0 spiro atoms. The third-order valence-electron chi connectivity index (χ3n) is 3.78. The van der Waals surface area contributed by atoms with Gasteiger partial charge in [0.2, 0.25) is 15.9 Å². The van der Waals surface area contributed by atoms with Gasteiger partial charge in [-0.25, -0.2) is 8.42 Å². The molecule has 0 unspecified atom stereocenters. The van der Waals surface area contributed by atoms with Crippen LogP contribution in [-0.4, -0.2) is 27.1 Å². The topological polar surface area (TPSA) is 90.3 Å². The quantitative estimate of drug-likeness (QED) is 0.726. The Hall–Kier alpha value is -2.56. The summed E-state index contributed by atoms with van der Waals surface area (Å²) in [4.78, 5) is 12.1. The highest BCUT2D eigenvalue weighted by molar-refractivity contribution is 7.92. The maximum atomic E-state index is 12.1. The first kappa shape index (κ1) is 20.7. The summed E-state index contributed by atoms with van der Waals surface area (Å²) in [5.41, 5.74) is 1.98. The van der Waals surface area contributed by atoms with Gasteiger partial charge in [-0.2, -0.15) is 5.26 Å². The summed E-state index contributed by atoms with van der Waals surface area (Å²) in [6, 6.07) is 15.7. The summed E-state index contributed by atoms with van der Waals surface area (Å²) in [6.07, 6.45) is 1.97. The van der Waals surface area contributed by atoms with Crippen molar-refractivity contribution in [3.8, 4) is 6.07 Å². The Morgan fingerprint density at radius 3 is 2.52 bits per heavy atom. The molecular formula is C19H20ClN3O3S. The number of nitrogens with zero attached hydrogens (tertiary/aromatic N) is 2. The molecule has 27 heavy (non-hydrogen) atoms. The average molecular weight is 406 g/mol. The maximum absolute atomic E-state index is 12.1. The van der Waals surface area contributed by atoms with E-state index in [9.17, 15) is 13.2 Å². The summed E-state index contributed by atoms with van der Waals surface area (Å²) in [5, 5.41) is 11.9. The zero-order chi connectivity index (χ0) is 19.9. The van der Waals surface area contributed by atoms with Crippen LogP contribution >= 0.6 is 11.6 Å². The van der Waals surface area contributed by atoms with Crippen LogP contribution in [0.5, 0.6) is 0 Å². The molecule has 2 aromatic carbocycles. The Kier molecular flexibility index (Phi) is 7.22. The van der Waals surface area contributed by atoms with Crippen molar-refractivity contribution in [1.29, 1.82) is 5.26 Å². The molecule has 0 aliphatic heterocycles. The van der Waals surface area contributed by atoms with Crippen LogP contribution < -0.4 is 9.62 Å². The van der Waals surface area contributed by atoms with E-state index in [4.69, 9.17) is 16.9 Å². The SMILES string of the molecule is CS(=O)(=O)N(CCCC(=O)Nc1ccc(CC#N)cc1)c1cccc(Cl)c1. The monoisotopic (exact) mass is 405 g/mol. The summed E-state index contributed by atoms with van der Waals surface area (Å²) < 4.78 is 25.3. The first-order chi connectivity index (χ1) is 12.8. The molecule has 1 N–H and O–H groups in total. The van der Waals surface area contributed by atoms with Crippen LogP contribution in [0.25, 0.3) is 0 Å². The molecule has 0 saturated heterocycles. The second kappa shape index (κ2) is 9.40. The molecule has 0 atom stereocenters. The highest BCUT2D eigenvalue weighted by Gasteiger charge is 2.17. The van der Waals surface area contributed by atoms with Crippen molar-refractivity contribution < 1.29 is 13.2 Å². The molecule has 142 valence electrons. The fourth-order valence-corrected chi connectivity index (χ4v) is 3.66. The van der Waals surface area contributed by atoms with Crippen molar-refractivity contribution >= 4 is 38.9 Å². The maximum Gasteiger partial charge on any atom is 0.232 e. The first-order valence-electron chi connectivity index (χ1n) is 8.28. The summed E-state index contributed by atoms with van der Waals surface area (Å²) in [5.74, 6) is -0.206. The molecule has 0 fully saturated rings. The summed E-state index contributed by atoms with van der Waals surface area (Å²) in [7, 11) is -3.49. The number of hydrogen-bond donors (Lipinski definition) is 1. The molecular weight excluding hydrogens is 386 g/mol. The van der Waals surface area contributed by atoms with Crippen LogP contribution in [0, 0.1) is 11.3 Å². The molecule has 0 saturated carbocycles. The third kappa shape index (κ3) is 6.59. The van der Waals surface area contributed by atoms with Crippen LogP contribution in [0.2, 0.25) is 5.02 Å². The lowest BCUT2D eigenvalue weighted by Crippen LogP contribution is -2.31. The van der Waals surface area contributed by atoms with Gasteiger partial charge in [-0.3, -0.25) is 9.10 Å². The van der Waals surface area contributed by atoms with E-state index in [0.717, 1.165) is 11.8 Å². The van der Waals surface area contributed by atoms with Gasteiger partial charge in [-0.15, -0.1) is 0 Å². The lowest BCUT2D eigenvalue weighted by Gasteiger charge is -2.22. The number of amides is 1. The van der Waals surface area contributed by atoms with E-state index in [2.05, 4.69) is 11.4 Å². The molecule has 1 amide bonds. The molecule has 2 rings (SSSR count). The van der Waals surface area contributed by atoms with E-state index in [1.54, 1.807) is 48.5 Å². The van der Waals surface area contributed by atoms with Crippen molar-refractivity contribution in [2.75, 3.05) is 22.4 Å². The largest absolute Gasteiger partial charge is 0.326 e. The Balaban J connectivity index is 1.92. The van der Waals surface area contributed by atoms with Crippen LogP contribution in [0.1, 0.15) is 18.4 Å². The van der Waals surface area contributed by atoms with Gasteiger partial charge in [0.05, 0.1) is 24.4 Å². The molecule has 2 aromatic rings. The molecule has 0 radical (unpaired) electrons. The molecule has 0 bridgehead atoms.